The normalized spacial score (nSPS) is 19.6. The maximum atomic E-state index is 10.9. The molecule has 0 aliphatic carbocycles. The number of fused-ring (bicyclic) bond motifs is 1. The van der Waals surface area contributed by atoms with Crippen molar-refractivity contribution in [3.05, 3.63) is 30.6 Å². The summed E-state index contributed by atoms with van der Waals surface area (Å²) in [4.78, 5) is 21.2. The minimum Gasteiger partial charge on any atom is -0.471 e. The number of likely N-dealkylation sites (tertiary alicyclic amines) is 1. The molecule has 1 saturated heterocycles. The second-order valence-electron chi connectivity index (χ2n) is 6.87. The molecule has 0 radical (unpaired) electrons. The third-order valence-corrected chi connectivity index (χ3v) is 6.46. The lowest BCUT2D eigenvalue weighted by molar-refractivity contribution is 0.110. The van der Waals surface area contributed by atoms with Crippen molar-refractivity contribution in [1.29, 1.82) is 0 Å². The highest BCUT2D eigenvalue weighted by atomic mass is 32.3. The number of benzene rings is 1. The second-order valence-corrected chi connectivity index (χ2v) is 8.88. The number of piperidine rings is 1. The van der Waals surface area contributed by atoms with Gasteiger partial charge in [0.1, 0.15) is 10.6 Å². The zero-order valence-electron chi connectivity index (χ0n) is 15.0. The molecule has 1 aromatic carbocycles. The standard InChI is InChI=1S/C18H21N3O6S/c22-18(23)21-5-3-12(4-6-21)10-26-17-19-8-14(9-20-17)13-1-2-16-15(7-13)27-11-28(16,24)25/h1-2,7-9,12,24-25H,3-6,10-11H2,(H,22,23). The van der Waals surface area contributed by atoms with E-state index < -0.39 is 16.7 Å². The van der Waals surface area contributed by atoms with Crippen molar-refractivity contribution < 1.29 is 28.5 Å². The van der Waals surface area contributed by atoms with Crippen LogP contribution >= 0.6 is 10.6 Å². The summed E-state index contributed by atoms with van der Waals surface area (Å²) in [5.74, 6) is 0.637. The average Bonchev–Trinajstić information content (AvgIpc) is 3.01. The van der Waals surface area contributed by atoms with E-state index >= 15 is 0 Å². The van der Waals surface area contributed by atoms with Crippen LogP contribution in [0.4, 0.5) is 4.79 Å². The van der Waals surface area contributed by atoms with Gasteiger partial charge in [0.25, 0.3) is 0 Å². The van der Waals surface area contributed by atoms with Gasteiger partial charge in [0.2, 0.25) is 0 Å². The summed E-state index contributed by atoms with van der Waals surface area (Å²) >= 11 is 0. The van der Waals surface area contributed by atoms with Crippen molar-refractivity contribution in [3.8, 4) is 22.9 Å². The fraction of sp³-hybridized carbons (Fsp3) is 0.389. The van der Waals surface area contributed by atoms with Crippen LogP contribution in [0.5, 0.6) is 11.8 Å². The Labute approximate surface area is 163 Å². The van der Waals surface area contributed by atoms with Crippen molar-refractivity contribution in [1.82, 2.24) is 14.9 Å². The van der Waals surface area contributed by atoms with Crippen LogP contribution in [0.1, 0.15) is 12.8 Å². The lowest BCUT2D eigenvalue weighted by Gasteiger charge is -2.29. The Morgan fingerprint density at radius 2 is 1.93 bits per heavy atom. The minimum atomic E-state index is -2.85. The highest BCUT2D eigenvalue weighted by molar-refractivity contribution is 8.24. The summed E-state index contributed by atoms with van der Waals surface area (Å²) in [5, 5.41) is 8.97. The van der Waals surface area contributed by atoms with Gasteiger partial charge in [-0.25, -0.2) is 14.8 Å². The lowest BCUT2D eigenvalue weighted by Crippen LogP contribution is -2.38. The predicted molar refractivity (Wildman–Crippen MR) is 102 cm³/mol. The van der Waals surface area contributed by atoms with E-state index in [1.165, 1.54) is 4.90 Å². The highest BCUT2D eigenvalue weighted by Gasteiger charge is 2.28. The van der Waals surface area contributed by atoms with E-state index in [0.717, 1.165) is 24.0 Å². The molecule has 3 N–H and O–H groups in total. The maximum Gasteiger partial charge on any atom is 0.407 e. The minimum absolute atomic E-state index is 0.111. The van der Waals surface area contributed by atoms with E-state index in [9.17, 15) is 13.9 Å². The molecular weight excluding hydrogens is 386 g/mol. The smallest absolute Gasteiger partial charge is 0.407 e. The van der Waals surface area contributed by atoms with Gasteiger partial charge in [-0.15, -0.1) is 10.6 Å². The molecule has 0 spiro atoms. The topological polar surface area (TPSA) is 125 Å². The number of hydrogen-bond donors (Lipinski definition) is 3. The number of nitrogens with zero attached hydrogens (tertiary/aromatic N) is 3. The summed E-state index contributed by atoms with van der Waals surface area (Å²) in [6.07, 6.45) is 3.94. The van der Waals surface area contributed by atoms with Gasteiger partial charge < -0.3 is 19.5 Å². The Morgan fingerprint density at radius 3 is 2.61 bits per heavy atom. The molecule has 1 fully saturated rings. The van der Waals surface area contributed by atoms with Gasteiger partial charge in [-0.1, -0.05) is 6.07 Å². The van der Waals surface area contributed by atoms with Gasteiger partial charge in [0, 0.05) is 31.0 Å². The van der Waals surface area contributed by atoms with Gasteiger partial charge in [0.15, 0.2) is 5.94 Å². The Balaban J connectivity index is 1.35. The molecule has 0 saturated carbocycles. The molecule has 0 bridgehead atoms. The van der Waals surface area contributed by atoms with Crippen LogP contribution in [0.15, 0.2) is 35.5 Å². The quantitative estimate of drug-likeness (QED) is 0.704. The van der Waals surface area contributed by atoms with E-state index in [0.29, 0.717) is 30.3 Å². The number of hydrogen-bond acceptors (Lipinski definition) is 7. The van der Waals surface area contributed by atoms with Gasteiger partial charge in [-0.3, -0.25) is 9.11 Å². The summed E-state index contributed by atoms with van der Waals surface area (Å²) in [6.45, 7) is 1.50. The van der Waals surface area contributed by atoms with Crippen molar-refractivity contribution in [2.24, 2.45) is 5.92 Å². The summed E-state index contributed by atoms with van der Waals surface area (Å²) in [6, 6.07) is 5.44. The van der Waals surface area contributed by atoms with Crippen LogP contribution in [0.3, 0.4) is 0 Å². The summed E-state index contributed by atoms with van der Waals surface area (Å²) in [7, 11) is -2.85. The van der Waals surface area contributed by atoms with Crippen LogP contribution < -0.4 is 9.47 Å². The molecule has 0 atom stereocenters. The van der Waals surface area contributed by atoms with Crippen LogP contribution in [0.2, 0.25) is 0 Å². The predicted octanol–water partition coefficient (Wildman–Crippen LogP) is 3.37. The number of carboxylic acid groups (broad SMARTS) is 1. The fourth-order valence-electron chi connectivity index (χ4n) is 3.30. The highest BCUT2D eigenvalue weighted by Crippen LogP contribution is 2.57. The van der Waals surface area contributed by atoms with Gasteiger partial charge in [-0.2, -0.15) is 0 Å². The number of carbonyl (C=O) groups is 1. The molecule has 10 heteroatoms. The first-order valence-electron chi connectivity index (χ1n) is 8.88. The molecule has 28 heavy (non-hydrogen) atoms. The lowest BCUT2D eigenvalue weighted by atomic mass is 9.98. The molecule has 2 aliphatic heterocycles. The van der Waals surface area contributed by atoms with E-state index in [1.807, 2.05) is 0 Å². The largest absolute Gasteiger partial charge is 0.471 e. The average molecular weight is 407 g/mol. The van der Waals surface area contributed by atoms with Gasteiger partial charge in [0.05, 0.1) is 6.61 Å². The van der Waals surface area contributed by atoms with Crippen LogP contribution in [0.25, 0.3) is 11.1 Å². The third-order valence-electron chi connectivity index (χ3n) is 4.97. The van der Waals surface area contributed by atoms with Crippen LogP contribution in [-0.2, 0) is 0 Å². The molecule has 3 heterocycles. The molecule has 1 amide bonds. The van der Waals surface area contributed by atoms with Crippen molar-refractivity contribution in [2.45, 2.75) is 17.7 Å². The summed E-state index contributed by atoms with van der Waals surface area (Å²) in [5.41, 5.74) is 1.57. The molecule has 2 aliphatic rings. The van der Waals surface area contributed by atoms with Crippen molar-refractivity contribution in [3.63, 3.8) is 0 Å². The maximum absolute atomic E-state index is 10.9. The van der Waals surface area contributed by atoms with E-state index in [-0.39, 0.29) is 17.9 Å². The molecular formula is C18H21N3O6S. The van der Waals surface area contributed by atoms with E-state index in [1.54, 1.807) is 30.6 Å². The fourth-order valence-corrected chi connectivity index (χ4v) is 4.45. The first-order valence-corrected chi connectivity index (χ1v) is 10.6. The van der Waals surface area contributed by atoms with Crippen molar-refractivity contribution in [2.75, 3.05) is 25.6 Å². The molecule has 0 unspecified atom stereocenters. The Hall–Kier alpha value is -2.56. The molecule has 4 rings (SSSR count). The Bertz CT molecular complexity index is 868. The number of ether oxygens (including phenoxy) is 2. The Kier molecular flexibility index (Phi) is 5.00. The number of rotatable bonds is 4. The van der Waals surface area contributed by atoms with Crippen molar-refractivity contribution >= 4 is 16.7 Å². The zero-order valence-corrected chi connectivity index (χ0v) is 15.8. The number of aromatic nitrogens is 2. The molecule has 2 aromatic rings. The van der Waals surface area contributed by atoms with E-state index in [4.69, 9.17) is 14.6 Å². The summed E-state index contributed by atoms with van der Waals surface area (Å²) < 4.78 is 30.8. The van der Waals surface area contributed by atoms with Crippen LogP contribution in [0, 0.1) is 5.92 Å². The third kappa shape index (κ3) is 3.84. The monoisotopic (exact) mass is 407 g/mol. The van der Waals surface area contributed by atoms with E-state index in [2.05, 4.69) is 9.97 Å². The SMILES string of the molecule is O=C(O)N1CCC(COc2ncc(-c3ccc4c(c3)OCS4(O)O)cn2)CC1. The van der Waals surface area contributed by atoms with Gasteiger partial charge in [-0.05, 0) is 36.5 Å². The molecule has 150 valence electrons. The number of amides is 1. The molecule has 9 nitrogen and oxygen atoms in total. The Morgan fingerprint density at radius 1 is 1.21 bits per heavy atom. The van der Waals surface area contributed by atoms with Gasteiger partial charge >= 0.3 is 12.1 Å². The molecule has 1 aromatic heterocycles. The first kappa shape index (κ1) is 18.8. The first-order chi connectivity index (χ1) is 13.4. The second kappa shape index (κ2) is 7.46. The van der Waals surface area contributed by atoms with Crippen LogP contribution in [-0.4, -0.2) is 60.8 Å². The zero-order chi connectivity index (χ0) is 19.7.